The Hall–Kier alpha value is -2.93. The molecule has 0 aliphatic carbocycles. The second-order valence-corrected chi connectivity index (χ2v) is 7.50. The van der Waals surface area contributed by atoms with Gasteiger partial charge in [0, 0.05) is 12.7 Å². The highest BCUT2D eigenvalue weighted by molar-refractivity contribution is 7.13. The van der Waals surface area contributed by atoms with Crippen LogP contribution in [0.5, 0.6) is 0 Å². The van der Waals surface area contributed by atoms with Crippen LogP contribution in [-0.4, -0.2) is 33.5 Å². The van der Waals surface area contributed by atoms with Crippen LogP contribution in [0.4, 0.5) is 5.69 Å². The first-order valence-electron chi connectivity index (χ1n) is 8.94. The molecule has 0 radical (unpaired) electrons. The number of aromatic amines is 1. The average Bonchev–Trinajstić information content (AvgIpc) is 3.23. The first-order valence-corrected chi connectivity index (χ1v) is 9.82. The number of nitrogens with zero attached hydrogens (tertiary/aromatic N) is 3. The highest BCUT2D eigenvalue weighted by atomic mass is 32.1. The molecule has 3 heterocycles. The first kappa shape index (κ1) is 17.5. The van der Waals surface area contributed by atoms with Gasteiger partial charge >= 0.3 is 0 Å². The Morgan fingerprint density at radius 3 is 2.74 bits per heavy atom. The van der Waals surface area contributed by atoms with Crippen molar-refractivity contribution in [1.82, 2.24) is 15.0 Å². The van der Waals surface area contributed by atoms with Crippen LogP contribution in [0, 0.1) is 0 Å². The molecular weight excluding hydrogens is 360 g/mol. The number of H-pyrrole nitrogens is 1. The Kier molecular flexibility index (Phi) is 4.77. The third kappa shape index (κ3) is 3.38. The summed E-state index contributed by atoms with van der Waals surface area (Å²) >= 11 is 1.49. The summed E-state index contributed by atoms with van der Waals surface area (Å²) in [6.07, 6.45) is 3.28. The number of hydrazine groups is 1. The highest BCUT2D eigenvalue weighted by Crippen LogP contribution is 2.26. The van der Waals surface area contributed by atoms with E-state index in [9.17, 15) is 9.59 Å². The van der Waals surface area contributed by atoms with E-state index in [2.05, 4.69) is 9.97 Å². The molecule has 1 atom stereocenters. The molecule has 4 rings (SSSR count). The Morgan fingerprint density at radius 2 is 2.04 bits per heavy atom. The highest BCUT2D eigenvalue weighted by Gasteiger charge is 2.32. The Bertz CT molecular complexity index is 985. The van der Waals surface area contributed by atoms with Gasteiger partial charge in [-0.15, -0.1) is 11.3 Å². The van der Waals surface area contributed by atoms with Gasteiger partial charge in [-0.05, 0) is 43.3 Å². The number of aromatic nitrogens is 2. The number of hydrogen-bond donors (Lipinski definition) is 1. The monoisotopic (exact) mass is 380 g/mol. The fourth-order valence-electron chi connectivity index (χ4n) is 3.38. The van der Waals surface area contributed by atoms with Gasteiger partial charge in [-0.2, -0.15) is 0 Å². The van der Waals surface area contributed by atoms with Crippen molar-refractivity contribution >= 4 is 22.9 Å². The van der Waals surface area contributed by atoms with Gasteiger partial charge in [-0.1, -0.05) is 24.3 Å². The summed E-state index contributed by atoms with van der Waals surface area (Å²) in [6.45, 7) is 2.74. The Balaban J connectivity index is 1.68. The van der Waals surface area contributed by atoms with Crippen molar-refractivity contribution in [3.63, 3.8) is 0 Å². The van der Waals surface area contributed by atoms with Gasteiger partial charge in [0.05, 0.1) is 16.6 Å². The van der Waals surface area contributed by atoms with E-state index in [1.165, 1.54) is 17.5 Å². The smallest absolute Gasteiger partial charge is 0.279 e. The number of benzene rings is 1. The van der Waals surface area contributed by atoms with E-state index in [0.717, 1.165) is 30.0 Å². The van der Waals surface area contributed by atoms with E-state index in [1.54, 1.807) is 5.01 Å². The maximum absolute atomic E-state index is 13.2. The molecule has 0 spiro atoms. The molecule has 1 aromatic carbocycles. The van der Waals surface area contributed by atoms with Crippen molar-refractivity contribution < 1.29 is 4.79 Å². The molecule has 1 fully saturated rings. The summed E-state index contributed by atoms with van der Waals surface area (Å²) in [5.41, 5.74) is 0.589. The molecule has 0 bridgehead atoms. The molecule has 0 unspecified atom stereocenters. The molecular formula is C20H20N4O2S. The van der Waals surface area contributed by atoms with Gasteiger partial charge in [0.25, 0.3) is 11.5 Å². The minimum atomic E-state index is -0.413. The maximum atomic E-state index is 13.2. The number of thiophene rings is 1. The van der Waals surface area contributed by atoms with E-state index in [-0.39, 0.29) is 17.5 Å². The normalized spacial score (nSPS) is 17.1. The van der Waals surface area contributed by atoms with Crippen molar-refractivity contribution in [2.24, 2.45) is 0 Å². The van der Waals surface area contributed by atoms with Gasteiger partial charge in [-0.25, -0.2) is 9.99 Å². The lowest BCUT2D eigenvalue weighted by Crippen LogP contribution is -2.55. The summed E-state index contributed by atoms with van der Waals surface area (Å²) in [5.74, 6) is 0.163. The van der Waals surface area contributed by atoms with Crippen molar-refractivity contribution in [2.45, 2.75) is 25.8 Å². The molecule has 3 aromatic rings. The van der Waals surface area contributed by atoms with Crippen molar-refractivity contribution in [1.29, 1.82) is 0 Å². The molecule has 2 aromatic heterocycles. The quantitative estimate of drug-likeness (QED) is 0.754. The standard InChI is InChI=1S/C20H20N4O2S/c1-14-7-5-11-23(15-8-3-2-4-9-15)24(14)20(26)16-13-21-18(22-19(16)25)17-10-6-12-27-17/h2-4,6,8-10,12-14H,5,7,11H2,1H3,(H,21,22,25)/t14-/m0/s1. The fraction of sp³-hybridized carbons (Fsp3) is 0.250. The zero-order valence-corrected chi connectivity index (χ0v) is 15.8. The summed E-state index contributed by atoms with van der Waals surface area (Å²) in [5, 5.41) is 5.57. The van der Waals surface area contributed by atoms with Crippen molar-refractivity contribution in [3.05, 3.63) is 70.0 Å². The average molecular weight is 380 g/mol. The van der Waals surface area contributed by atoms with E-state index in [0.29, 0.717) is 5.82 Å². The topological polar surface area (TPSA) is 69.3 Å². The van der Waals surface area contributed by atoms with Crippen molar-refractivity contribution in [3.8, 4) is 10.7 Å². The maximum Gasteiger partial charge on any atom is 0.279 e. The van der Waals surface area contributed by atoms with E-state index < -0.39 is 5.56 Å². The van der Waals surface area contributed by atoms with Crippen LogP contribution in [0.3, 0.4) is 0 Å². The van der Waals surface area contributed by atoms with E-state index in [4.69, 9.17) is 0 Å². The molecule has 1 saturated heterocycles. The number of anilines is 1. The Labute approximate surface area is 161 Å². The predicted octanol–water partition coefficient (Wildman–Crippen LogP) is 3.54. The largest absolute Gasteiger partial charge is 0.305 e. The zero-order chi connectivity index (χ0) is 18.8. The summed E-state index contributed by atoms with van der Waals surface area (Å²) in [4.78, 5) is 33.8. The number of para-hydroxylation sites is 1. The van der Waals surface area contributed by atoms with Crippen LogP contribution in [0.25, 0.3) is 10.7 Å². The van der Waals surface area contributed by atoms with Crippen LogP contribution in [-0.2, 0) is 0 Å². The minimum absolute atomic E-state index is 0.00262. The van der Waals surface area contributed by atoms with Crippen LogP contribution in [0.1, 0.15) is 30.1 Å². The van der Waals surface area contributed by atoms with Gasteiger partial charge in [0.1, 0.15) is 11.4 Å². The zero-order valence-electron chi connectivity index (χ0n) is 15.0. The predicted molar refractivity (Wildman–Crippen MR) is 107 cm³/mol. The van der Waals surface area contributed by atoms with Crippen LogP contribution in [0.15, 0.2) is 58.8 Å². The van der Waals surface area contributed by atoms with E-state index >= 15 is 0 Å². The van der Waals surface area contributed by atoms with Crippen LogP contribution in [0.2, 0.25) is 0 Å². The number of carbonyl (C=O) groups excluding carboxylic acids is 1. The second-order valence-electron chi connectivity index (χ2n) is 6.55. The SMILES string of the molecule is C[C@H]1CCCN(c2ccccc2)N1C(=O)c1cnc(-c2cccs2)[nH]c1=O. The molecule has 7 heteroatoms. The summed E-state index contributed by atoms with van der Waals surface area (Å²) in [6, 6.07) is 13.6. The number of amides is 1. The fourth-order valence-corrected chi connectivity index (χ4v) is 4.05. The number of nitrogens with one attached hydrogen (secondary N) is 1. The second kappa shape index (κ2) is 7.36. The van der Waals surface area contributed by atoms with Gasteiger partial charge in [0.15, 0.2) is 0 Å². The lowest BCUT2D eigenvalue weighted by atomic mass is 10.1. The summed E-state index contributed by atoms with van der Waals surface area (Å²) < 4.78 is 0. The molecule has 138 valence electrons. The molecule has 1 aliphatic heterocycles. The molecule has 1 aliphatic rings. The lowest BCUT2D eigenvalue weighted by Gasteiger charge is -2.44. The third-order valence-electron chi connectivity index (χ3n) is 4.72. The number of hydrogen-bond acceptors (Lipinski definition) is 5. The van der Waals surface area contributed by atoms with Gasteiger partial charge in [0.2, 0.25) is 0 Å². The number of rotatable bonds is 3. The van der Waals surface area contributed by atoms with Gasteiger partial charge < -0.3 is 4.98 Å². The van der Waals surface area contributed by atoms with Crippen LogP contribution >= 0.6 is 11.3 Å². The Morgan fingerprint density at radius 1 is 1.22 bits per heavy atom. The van der Waals surface area contributed by atoms with Crippen LogP contribution < -0.4 is 10.6 Å². The van der Waals surface area contributed by atoms with E-state index in [1.807, 2.05) is 59.8 Å². The van der Waals surface area contributed by atoms with Gasteiger partial charge in [-0.3, -0.25) is 14.6 Å². The van der Waals surface area contributed by atoms with Crippen molar-refractivity contribution in [2.75, 3.05) is 11.6 Å². The molecule has 6 nitrogen and oxygen atoms in total. The summed E-state index contributed by atoms with van der Waals surface area (Å²) in [7, 11) is 0. The molecule has 1 amide bonds. The lowest BCUT2D eigenvalue weighted by molar-refractivity contribution is 0.0606. The third-order valence-corrected chi connectivity index (χ3v) is 5.59. The minimum Gasteiger partial charge on any atom is -0.305 e. The molecule has 0 saturated carbocycles. The first-order chi connectivity index (χ1) is 13.1. The number of carbonyl (C=O) groups is 1. The molecule has 1 N–H and O–H groups in total. The molecule has 27 heavy (non-hydrogen) atoms.